The number of likely N-dealkylation sites (N-methyl/N-ethyl adjacent to an activating group) is 1. The minimum atomic E-state index is -0.182. The predicted molar refractivity (Wildman–Crippen MR) is 95.3 cm³/mol. The third-order valence-corrected chi connectivity index (χ3v) is 4.06. The lowest BCUT2D eigenvalue weighted by Gasteiger charge is -2.19. The number of para-hydroxylation sites is 1. The van der Waals surface area contributed by atoms with Crippen molar-refractivity contribution in [1.82, 2.24) is 10.2 Å². The molecule has 0 saturated heterocycles. The summed E-state index contributed by atoms with van der Waals surface area (Å²) in [7, 11) is 1.64. The molecule has 1 aliphatic rings. The van der Waals surface area contributed by atoms with Gasteiger partial charge in [0.1, 0.15) is 12.4 Å². The van der Waals surface area contributed by atoms with E-state index >= 15 is 0 Å². The topological polar surface area (TPSA) is 58.6 Å². The molecule has 0 aliphatic heterocycles. The van der Waals surface area contributed by atoms with Gasteiger partial charge in [0.2, 0.25) is 5.91 Å². The second-order valence-corrected chi connectivity index (χ2v) is 6.26. The first-order chi connectivity index (χ1) is 12.1. The van der Waals surface area contributed by atoms with E-state index in [9.17, 15) is 9.59 Å². The minimum absolute atomic E-state index is 0.0587. The number of nitrogens with one attached hydrogen (secondary N) is 1. The highest BCUT2D eigenvalue weighted by Crippen LogP contribution is 2.19. The largest absolute Gasteiger partial charge is 0.489 e. The molecule has 5 heteroatoms. The highest BCUT2D eigenvalue weighted by molar-refractivity contribution is 5.97. The Morgan fingerprint density at radius 2 is 1.76 bits per heavy atom. The average molecular weight is 338 g/mol. The van der Waals surface area contributed by atoms with Crippen LogP contribution in [-0.2, 0) is 11.4 Å². The standard InChI is InChI=1S/C20H22N2O3/c1-22(13-19(23)21-16-11-12-16)20(24)18-10-6-5-7-15(18)14-25-17-8-3-2-4-9-17/h2-10,16H,11-14H2,1H3,(H,21,23). The molecule has 2 amide bonds. The monoisotopic (exact) mass is 338 g/mol. The molecular weight excluding hydrogens is 316 g/mol. The molecule has 0 unspecified atom stereocenters. The summed E-state index contributed by atoms with van der Waals surface area (Å²) in [6, 6.07) is 17.1. The second-order valence-electron chi connectivity index (χ2n) is 6.26. The van der Waals surface area contributed by atoms with E-state index in [1.807, 2.05) is 48.5 Å². The van der Waals surface area contributed by atoms with Gasteiger partial charge in [0.25, 0.3) is 5.91 Å². The maximum Gasteiger partial charge on any atom is 0.254 e. The van der Waals surface area contributed by atoms with E-state index in [1.54, 1.807) is 13.1 Å². The number of rotatable bonds is 7. The number of carbonyl (C=O) groups excluding carboxylic acids is 2. The zero-order valence-corrected chi connectivity index (χ0v) is 14.3. The maximum absolute atomic E-state index is 12.7. The molecule has 3 rings (SSSR count). The predicted octanol–water partition coefficient (Wildman–Crippen LogP) is 2.62. The van der Waals surface area contributed by atoms with Crippen molar-refractivity contribution in [3.05, 3.63) is 65.7 Å². The summed E-state index contributed by atoms with van der Waals surface area (Å²) in [5.41, 5.74) is 1.35. The molecule has 0 aromatic heterocycles. The normalized spacial score (nSPS) is 13.2. The van der Waals surface area contributed by atoms with Crippen molar-refractivity contribution in [1.29, 1.82) is 0 Å². The summed E-state index contributed by atoms with van der Waals surface area (Å²) in [4.78, 5) is 26.1. The molecule has 2 aromatic rings. The summed E-state index contributed by atoms with van der Waals surface area (Å²) < 4.78 is 5.75. The Morgan fingerprint density at radius 3 is 2.48 bits per heavy atom. The lowest BCUT2D eigenvalue weighted by atomic mass is 10.1. The van der Waals surface area contributed by atoms with E-state index < -0.39 is 0 Å². The van der Waals surface area contributed by atoms with Gasteiger partial charge in [-0.3, -0.25) is 9.59 Å². The molecule has 1 N–H and O–H groups in total. The van der Waals surface area contributed by atoms with Crippen LogP contribution in [0.25, 0.3) is 0 Å². The van der Waals surface area contributed by atoms with Crippen LogP contribution in [0, 0.1) is 0 Å². The number of hydrogen-bond acceptors (Lipinski definition) is 3. The van der Waals surface area contributed by atoms with Crippen LogP contribution in [0.15, 0.2) is 54.6 Å². The molecule has 0 atom stereocenters. The van der Waals surface area contributed by atoms with Gasteiger partial charge in [-0.05, 0) is 31.0 Å². The first-order valence-electron chi connectivity index (χ1n) is 8.44. The zero-order chi connectivity index (χ0) is 17.6. The third kappa shape index (κ3) is 4.83. The van der Waals surface area contributed by atoms with Crippen molar-refractivity contribution in [2.45, 2.75) is 25.5 Å². The summed E-state index contributed by atoms with van der Waals surface area (Å²) in [5.74, 6) is 0.455. The van der Waals surface area contributed by atoms with Gasteiger partial charge in [0.15, 0.2) is 0 Å². The van der Waals surface area contributed by atoms with Gasteiger partial charge in [-0.25, -0.2) is 0 Å². The Hall–Kier alpha value is -2.82. The van der Waals surface area contributed by atoms with Gasteiger partial charge >= 0.3 is 0 Å². The number of carbonyl (C=O) groups is 2. The van der Waals surface area contributed by atoms with Crippen LogP contribution >= 0.6 is 0 Å². The molecule has 2 aromatic carbocycles. The van der Waals surface area contributed by atoms with Gasteiger partial charge in [-0.15, -0.1) is 0 Å². The zero-order valence-electron chi connectivity index (χ0n) is 14.3. The van der Waals surface area contributed by atoms with E-state index in [1.165, 1.54) is 4.90 Å². The number of nitrogens with zero attached hydrogens (tertiary/aromatic N) is 1. The van der Waals surface area contributed by atoms with Gasteiger partial charge in [0, 0.05) is 24.2 Å². The lowest BCUT2D eigenvalue weighted by molar-refractivity contribution is -0.121. The van der Waals surface area contributed by atoms with E-state index in [0.29, 0.717) is 18.2 Å². The molecule has 25 heavy (non-hydrogen) atoms. The van der Waals surface area contributed by atoms with Crippen molar-refractivity contribution in [3.8, 4) is 5.75 Å². The molecule has 130 valence electrons. The Labute approximate surface area is 147 Å². The van der Waals surface area contributed by atoms with Crippen molar-refractivity contribution >= 4 is 11.8 Å². The summed E-state index contributed by atoms with van der Waals surface area (Å²) in [5, 5.41) is 2.89. The Balaban J connectivity index is 1.64. The molecule has 1 fully saturated rings. The van der Waals surface area contributed by atoms with Gasteiger partial charge < -0.3 is 15.0 Å². The van der Waals surface area contributed by atoms with Crippen LogP contribution in [-0.4, -0.2) is 36.3 Å². The van der Waals surface area contributed by atoms with Crippen LogP contribution in [0.4, 0.5) is 0 Å². The fourth-order valence-electron chi connectivity index (χ4n) is 2.53. The van der Waals surface area contributed by atoms with Crippen molar-refractivity contribution in [2.24, 2.45) is 0 Å². The van der Waals surface area contributed by atoms with Crippen LogP contribution in [0.5, 0.6) is 5.75 Å². The highest BCUT2D eigenvalue weighted by Gasteiger charge is 2.25. The van der Waals surface area contributed by atoms with Gasteiger partial charge in [-0.2, -0.15) is 0 Å². The first-order valence-corrected chi connectivity index (χ1v) is 8.44. The number of benzene rings is 2. The Kier molecular flexibility index (Phi) is 5.33. The fraction of sp³-hybridized carbons (Fsp3) is 0.300. The van der Waals surface area contributed by atoms with E-state index in [-0.39, 0.29) is 18.4 Å². The Bertz CT molecular complexity index is 742. The highest BCUT2D eigenvalue weighted by atomic mass is 16.5. The summed E-state index contributed by atoms with van der Waals surface area (Å²) in [6.45, 7) is 0.358. The van der Waals surface area contributed by atoms with Crippen LogP contribution in [0.1, 0.15) is 28.8 Å². The Morgan fingerprint density at radius 1 is 1.08 bits per heavy atom. The number of hydrogen-bond donors (Lipinski definition) is 1. The maximum atomic E-state index is 12.7. The van der Waals surface area contributed by atoms with Crippen molar-refractivity contribution in [2.75, 3.05) is 13.6 Å². The van der Waals surface area contributed by atoms with Gasteiger partial charge in [-0.1, -0.05) is 36.4 Å². The van der Waals surface area contributed by atoms with Crippen molar-refractivity contribution in [3.63, 3.8) is 0 Å². The van der Waals surface area contributed by atoms with Crippen LogP contribution in [0.3, 0.4) is 0 Å². The quantitative estimate of drug-likeness (QED) is 0.844. The second kappa shape index (κ2) is 7.83. The van der Waals surface area contributed by atoms with Crippen LogP contribution < -0.4 is 10.1 Å². The van der Waals surface area contributed by atoms with Crippen molar-refractivity contribution < 1.29 is 14.3 Å². The summed E-state index contributed by atoms with van der Waals surface area (Å²) >= 11 is 0. The SMILES string of the molecule is CN(CC(=O)NC1CC1)C(=O)c1ccccc1COc1ccccc1. The fourth-order valence-corrected chi connectivity index (χ4v) is 2.53. The minimum Gasteiger partial charge on any atom is -0.489 e. The van der Waals surface area contributed by atoms with E-state index in [4.69, 9.17) is 4.74 Å². The van der Waals surface area contributed by atoms with Gasteiger partial charge in [0.05, 0.1) is 6.54 Å². The lowest BCUT2D eigenvalue weighted by Crippen LogP contribution is -2.39. The molecule has 5 nitrogen and oxygen atoms in total. The van der Waals surface area contributed by atoms with E-state index in [0.717, 1.165) is 24.2 Å². The van der Waals surface area contributed by atoms with E-state index in [2.05, 4.69) is 5.32 Å². The van der Waals surface area contributed by atoms with Crippen LogP contribution in [0.2, 0.25) is 0 Å². The molecule has 0 heterocycles. The molecule has 0 radical (unpaired) electrons. The molecule has 1 aliphatic carbocycles. The third-order valence-electron chi connectivity index (χ3n) is 4.06. The number of ether oxygens (including phenoxy) is 1. The average Bonchev–Trinajstić information content (AvgIpc) is 3.44. The first kappa shape index (κ1) is 17.0. The molecule has 0 spiro atoms. The molecule has 0 bridgehead atoms. The molecular formula is C20H22N2O3. The number of amides is 2. The molecule has 1 saturated carbocycles. The summed E-state index contributed by atoms with van der Waals surface area (Å²) in [6.07, 6.45) is 2.06. The smallest absolute Gasteiger partial charge is 0.254 e.